The molecule has 1 fully saturated rings. The number of aliphatic imine (C=N–C) groups is 1. The van der Waals surface area contributed by atoms with Crippen LogP contribution in [-0.2, 0) is 11.4 Å². The highest BCUT2D eigenvalue weighted by Crippen LogP contribution is 2.39. The maximum atomic E-state index is 13.3. The van der Waals surface area contributed by atoms with E-state index >= 15 is 0 Å². The number of ether oxygens (including phenoxy) is 2. The molecule has 3 aromatic rings. The maximum absolute atomic E-state index is 13.3. The average Bonchev–Trinajstić information content (AvgIpc) is 3.19. The van der Waals surface area contributed by atoms with E-state index in [0.717, 1.165) is 0 Å². The molecule has 0 saturated carbocycles. The number of hydrogen-bond acceptors (Lipinski definition) is 7. The molecule has 0 bridgehead atoms. The topological polar surface area (TPSA) is 94.3 Å². The first-order chi connectivity index (χ1) is 18.3. The number of benzene rings is 3. The Balaban J connectivity index is 1.60. The Kier molecular flexibility index (Phi) is 8.80. The third-order valence-corrected chi connectivity index (χ3v) is 7.11. The molecule has 0 aromatic heterocycles. The van der Waals surface area contributed by atoms with E-state index in [9.17, 15) is 19.3 Å². The maximum Gasteiger partial charge on any atom is 0.269 e. The minimum Gasteiger partial charge on any atom is -0.490 e. The van der Waals surface area contributed by atoms with Crippen LogP contribution in [0.15, 0.2) is 75.0 Å². The molecule has 0 N–H and O–H groups in total. The Morgan fingerprint density at radius 3 is 2.53 bits per heavy atom. The number of carbonyl (C=O) groups excluding carboxylic acids is 1. The van der Waals surface area contributed by atoms with Gasteiger partial charge >= 0.3 is 0 Å². The Labute approximate surface area is 231 Å². The van der Waals surface area contributed by atoms with Crippen molar-refractivity contribution in [2.75, 3.05) is 13.2 Å². The Bertz CT molecular complexity index is 1430. The van der Waals surface area contributed by atoms with Crippen LogP contribution >= 0.6 is 27.7 Å². The van der Waals surface area contributed by atoms with E-state index in [1.807, 2.05) is 13.8 Å². The van der Waals surface area contributed by atoms with Crippen molar-refractivity contribution >= 4 is 56.2 Å². The summed E-state index contributed by atoms with van der Waals surface area (Å²) in [6.07, 6.45) is 1.75. The molecule has 0 aliphatic carbocycles. The van der Waals surface area contributed by atoms with Gasteiger partial charge in [-0.15, -0.1) is 0 Å². The first-order valence-corrected chi connectivity index (χ1v) is 13.3. The standard InChI is InChI=1S/C27H23BrFN3O5S/c1-3-31-26(33)25(38-27(31)30-20-10-8-19(29)9-11-20)14-18-13-23(36-4-2)24(15-22(18)28)37-16-17-6-5-7-21(12-17)32(34)35/h5-15H,3-4,16H2,1-2H3/b25-14+,30-27?. The number of hydrogen-bond donors (Lipinski definition) is 0. The normalized spacial score (nSPS) is 15.4. The molecular formula is C27H23BrFN3O5S. The quantitative estimate of drug-likeness (QED) is 0.148. The van der Waals surface area contributed by atoms with Crippen LogP contribution in [0.5, 0.6) is 11.5 Å². The molecule has 0 atom stereocenters. The number of amides is 1. The fourth-order valence-corrected chi connectivity index (χ4v) is 5.09. The molecule has 196 valence electrons. The average molecular weight is 600 g/mol. The Hall–Kier alpha value is -3.70. The minimum absolute atomic E-state index is 0.0125. The number of carbonyl (C=O) groups is 1. The van der Waals surface area contributed by atoms with E-state index in [2.05, 4.69) is 20.9 Å². The lowest BCUT2D eigenvalue weighted by atomic mass is 10.1. The summed E-state index contributed by atoms with van der Waals surface area (Å²) in [6, 6.07) is 15.5. The van der Waals surface area contributed by atoms with Gasteiger partial charge in [-0.1, -0.05) is 28.1 Å². The highest BCUT2D eigenvalue weighted by Gasteiger charge is 2.32. The number of non-ortho nitro benzene ring substituents is 1. The van der Waals surface area contributed by atoms with Gasteiger partial charge in [-0.3, -0.25) is 19.8 Å². The summed E-state index contributed by atoms with van der Waals surface area (Å²) in [5.41, 5.74) is 1.88. The molecule has 0 spiro atoms. The van der Waals surface area contributed by atoms with Gasteiger partial charge in [-0.2, -0.15) is 0 Å². The number of nitro groups is 1. The number of rotatable bonds is 9. The van der Waals surface area contributed by atoms with Gasteiger partial charge in [-0.05, 0) is 79.2 Å². The first-order valence-electron chi connectivity index (χ1n) is 11.7. The van der Waals surface area contributed by atoms with Crippen LogP contribution in [0.1, 0.15) is 25.0 Å². The highest BCUT2D eigenvalue weighted by molar-refractivity contribution is 9.10. The Morgan fingerprint density at radius 1 is 1.11 bits per heavy atom. The fraction of sp³-hybridized carbons (Fsp3) is 0.185. The van der Waals surface area contributed by atoms with Gasteiger partial charge in [0.1, 0.15) is 12.4 Å². The Morgan fingerprint density at radius 2 is 1.84 bits per heavy atom. The van der Waals surface area contributed by atoms with Crippen molar-refractivity contribution in [3.05, 3.63) is 97.1 Å². The molecule has 1 amide bonds. The number of nitro benzene ring substituents is 1. The van der Waals surface area contributed by atoms with E-state index in [0.29, 0.717) is 56.0 Å². The SMILES string of the molecule is CCOc1cc(/C=C2/SC(=Nc3ccc(F)cc3)N(CC)C2=O)c(Br)cc1OCc1cccc([N+](=O)[O-])c1. The molecule has 1 aliphatic rings. The number of nitrogens with zero attached hydrogens (tertiary/aromatic N) is 3. The molecule has 0 unspecified atom stereocenters. The van der Waals surface area contributed by atoms with Gasteiger partial charge in [-0.25, -0.2) is 9.38 Å². The van der Waals surface area contributed by atoms with Gasteiger partial charge in [0.2, 0.25) is 0 Å². The second-order valence-electron chi connectivity index (χ2n) is 8.00. The lowest BCUT2D eigenvalue weighted by Crippen LogP contribution is -2.28. The van der Waals surface area contributed by atoms with Crippen LogP contribution in [0.25, 0.3) is 6.08 Å². The van der Waals surface area contributed by atoms with Crippen LogP contribution in [0.4, 0.5) is 15.8 Å². The molecule has 38 heavy (non-hydrogen) atoms. The summed E-state index contributed by atoms with van der Waals surface area (Å²) in [7, 11) is 0. The molecule has 1 saturated heterocycles. The van der Waals surface area contributed by atoms with Crippen LogP contribution in [-0.4, -0.2) is 34.0 Å². The van der Waals surface area contributed by atoms with Gasteiger partial charge in [0.15, 0.2) is 16.7 Å². The fourth-order valence-electron chi connectivity index (χ4n) is 3.60. The zero-order chi connectivity index (χ0) is 27.2. The van der Waals surface area contributed by atoms with Gasteiger partial charge in [0, 0.05) is 23.2 Å². The van der Waals surface area contributed by atoms with Crippen LogP contribution in [0, 0.1) is 15.9 Å². The van der Waals surface area contributed by atoms with Crippen molar-refractivity contribution in [3.63, 3.8) is 0 Å². The minimum atomic E-state index is -0.453. The largest absolute Gasteiger partial charge is 0.490 e. The smallest absolute Gasteiger partial charge is 0.269 e. The molecule has 1 heterocycles. The molecular weight excluding hydrogens is 577 g/mol. The summed E-state index contributed by atoms with van der Waals surface area (Å²) in [4.78, 5) is 30.3. The number of likely N-dealkylation sites (N-methyl/N-ethyl adjacent to an activating group) is 1. The summed E-state index contributed by atoms with van der Waals surface area (Å²) >= 11 is 4.79. The van der Waals surface area contributed by atoms with Crippen molar-refractivity contribution in [1.29, 1.82) is 0 Å². The van der Waals surface area contributed by atoms with Gasteiger partial charge in [0.05, 0.1) is 22.1 Å². The van der Waals surface area contributed by atoms with Crippen molar-refractivity contribution in [1.82, 2.24) is 4.90 Å². The van der Waals surface area contributed by atoms with E-state index < -0.39 is 4.92 Å². The predicted octanol–water partition coefficient (Wildman–Crippen LogP) is 7.10. The number of thioether (sulfide) groups is 1. The molecule has 1 aliphatic heterocycles. The van der Waals surface area contributed by atoms with Crippen molar-refractivity contribution < 1.29 is 23.6 Å². The van der Waals surface area contributed by atoms with E-state index in [1.54, 1.807) is 47.4 Å². The summed E-state index contributed by atoms with van der Waals surface area (Å²) in [5, 5.41) is 11.6. The highest BCUT2D eigenvalue weighted by atomic mass is 79.9. The summed E-state index contributed by atoms with van der Waals surface area (Å²) in [6.45, 7) is 4.63. The van der Waals surface area contributed by atoms with Gasteiger partial charge < -0.3 is 9.47 Å². The van der Waals surface area contributed by atoms with Crippen LogP contribution < -0.4 is 9.47 Å². The number of halogens is 2. The number of amidine groups is 1. The second-order valence-corrected chi connectivity index (χ2v) is 9.86. The van der Waals surface area contributed by atoms with E-state index in [-0.39, 0.29) is 24.0 Å². The van der Waals surface area contributed by atoms with Crippen LogP contribution in [0.2, 0.25) is 0 Å². The lowest BCUT2D eigenvalue weighted by Gasteiger charge is -2.14. The molecule has 8 nitrogen and oxygen atoms in total. The van der Waals surface area contributed by atoms with Crippen LogP contribution in [0.3, 0.4) is 0 Å². The molecule has 0 radical (unpaired) electrons. The summed E-state index contributed by atoms with van der Waals surface area (Å²) < 4.78 is 25.7. The summed E-state index contributed by atoms with van der Waals surface area (Å²) in [5.74, 6) is 0.376. The first kappa shape index (κ1) is 27.3. The second kappa shape index (κ2) is 12.2. The lowest BCUT2D eigenvalue weighted by molar-refractivity contribution is -0.384. The zero-order valence-corrected chi connectivity index (χ0v) is 22.9. The monoisotopic (exact) mass is 599 g/mol. The third kappa shape index (κ3) is 6.40. The molecule has 4 rings (SSSR count). The molecule has 11 heteroatoms. The molecule has 3 aromatic carbocycles. The zero-order valence-electron chi connectivity index (χ0n) is 20.5. The van der Waals surface area contributed by atoms with Gasteiger partial charge in [0.25, 0.3) is 11.6 Å². The van der Waals surface area contributed by atoms with E-state index in [4.69, 9.17) is 9.47 Å². The third-order valence-electron chi connectivity index (χ3n) is 5.42. The van der Waals surface area contributed by atoms with Crippen molar-refractivity contribution in [2.24, 2.45) is 4.99 Å². The predicted molar refractivity (Wildman–Crippen MR) is 149 cm³/mol. The van der Waals surface area contributed by atoms with Crippen molar-refractivity contribution in [2.45, 2.75) is 20.5 Å². The van der Waals surface area contributed by atoms with Crippen molar-refractivity contribution in [3.8, 4) is 11.5 Å². The van der Waals surface area contributed by atoms with E-state index in [1.165, 1.54) is 36.0 Å².